The molecule has 2 heterocycles. The average Bonchev–Trinajstić information content (AvgIpc) is 3.25. The molecule has 1 unspecified atom stereocenters. The molecular weight excluding hydrogens is 406 g/mol. The van der Waals surface area contributed by atoms with Gasteiger partial charge in [0, 0.05) is 38.8 Å². The fourth-order valence-electron chi connectivity index (χ4n) is 3.76. The van der Waals surface area contributed by atoms with Gasteiger partial charge in [-0.05, 0) is 50.1 Å². The molecule has 0 bridgehead atoms. The zero-order valence-corrected chi connectivity index (χ0v) is 19.3. The summed E-state index contributed by atoms with van der Waals surface area (Å²) in [6.45, 7) is 9.30. The van der Waals surface area contributed by atoms with Gasteiger partial charge in [0.1, 0.15) is 11.5 Å². The lowest BCUT2D eigenvalue weighted by atomic mass is 10.1. The van der Waals surface area contributed by atoms with Crippen LogP contribution in [0.2, 0.25) is 0 Å². The van der Waals surface area contributed by atoms with E-state index in [1.165, 1.54) is 0 Å². The summed E-state index contributed by atoms with van der Waals surface area (Å²) in [5, 5.41) is 9.40. The molecule has 1 aromatic heterocycles. The number of carbonyl (C=O) groups is 1. The molecule has 1 aromatic carbocycles. The third-order valence-electron chi connectivity index (χ3n) is 5.46. The van der Waals surface area contributed by atoms with E-state index < -0.39 is 0 Å². The number of hydrogen-bond acceptors (Lipinski definition) is 5. The summed E-state index contributed by atoms with van der Waals surface area (Å²) in [7, 11) is 1.64. The van der Waals surface area contributed by atoms with Gasteiger partial charge in [0.05, 0.1) is 25.8 Å². The van der Waals surface area contributed by atoms with E-state index >= 15 is 0 Å². The molecule has 3 N–H and O–H groups in total. The summed E-state index contributed by atoms with van der Waals surface area (Å²) >= 11 is 0. The molecule has 2 aromatic rings. The van der Waals surface area contributed by atoms with E-state index in [1.807, 2.05) is 43.3 Å². The molecule has 0 radical (unpaired) electrons. The zero-order valence-electron chi connectivity index (χ0n) is 19.3. The first-order valence-electron chi connectivity index (χ1n) is 11.3. The van der Waals surface area contributed by atoms with Crippen LogP contribution in [0.25, 0.3) is 0 Å². The number of guanidine groups is 1. The number of morpholine rings is 1. The van der Waals surface area contributed by atoms with Gasteiger partial charge in [-0.15, -0.1) is 0 Å². The van der Waals surface area contributed by atoms with Crippen molar-refractivity contribution >= 4 is 11.9 Å². The first kappa shape index (κ1) is 23.8. The van der Waals surface area contributed by atoms with E-state index in [0.29, 0.717) is 18.7 Å². The molecule has 0 spiro atoms. The minimum atomic E-state index is -0.0722. The van der Waals surface area contributed by atoms with E-state index in [2.05, 4.69) is 27.8 Å². The van der Waals surface area contributed by atoms with Crippen molar-refractivity contribution in [3.05, 3.63) is 59.0 Å². The van der Waals surface area contributed by atoms with Crippen LogP contribution in [-0.2, 0) is 11.2 Å². The van der Waals surface area contributed by atoms with Crippen molar-refractivity contribution in [2.75, 3.05) is 53.0 Å². The Labute approximate surface area is 190 Å². The number of nitrogens with zero attached hydrogens (tertiary/aromatic N) is 2. The predicted molar refractivity (Wildman–Crippen MR) is 126 cm³/mol. The number of aliphatic imine (C=N–C) groups is 1. The first-order chi connectivity index (χ1) is 15.6. The number of hydrogen-bond donors (Lipinski definition) is 3. The fraction of sp³-hybridized carbons (Fsp3) is 0.500. The summed E-state index contributed by atoms with van der Waals surface area (Å²) < 4.78 is 11.5. The molecule has 32 heavy (non-hydrogen) atoms. The molecule has 1 amide bonds. The van der Waals surface area contributed by atoms with E-state index in [9.17, 15) is 4.79 Å². The standard InChI is InChI=1S/C24H35N5O3/c1-4-26-24(27-11-10-19-6-5-7-20(16-19)23(30)25-3)28-17-21(22-9-8-18(2)32-22)29-12-14-31-15-13-29/h5-9,16,21H,4,10-15,17H2,1-3H3,(H,25,30)(H2,26,27,28). The molecule has 1 aliphatic rings. The first-order valence-corrected chi connectivity index (χ1v) is 11.3. The van der Waals surface area contributed by atoms with Crippen molar-refractivity contribution in [2.24, 2.45) is 4.99 Å². The maximum Gasteiger partial charge on any atom is 0.251 e. The highest BCUT2D eigenvalue weighted by molar-refractivity contribution is 5.94. The number of rotatable bonds is 9. The molecule has 3 rings (SSSR count). The van der Waals surface area contributed by atoms with Crippen LogP contribution in [0.4, 0.5) is 0 Å². The van der Waals surface area contributed by atoms with Crippen molar-refractivity contribution in [1.82, 2.24) is 20.9 Å². The smallest absolute Gasteiger partial charge is 0.251 e. The number of aryl methyl sites for hydroxylation is 1. The molecule has 1 saturated heterocycles. The largest absolute Gasteiger partial charge is 0.465 e. The third-order valence-corrected chi connectivity index (χ3v) is 5.46. The topological polar surface area (TPSA) is 91.1 Å². The molecule has 1 aliphatic heterocycles. The Hall–Kier alpha value is -2.84. The molecule has 1 atom stereocenters. The highest BCUT2D eigenvalue weighted by Crippen LogP contribution is 2.24. The number of benzene rings is 1. The van der Waals surface area contributed by atoms with E-state index in [0.717, 1.165) is 62.3 Å². The summed E-state index contributed by atoms with van der Waals surface area (Å²) in [6, 6.07) is 11.8. The lowest BCUT2D eigenvalue weighted by molar-refractivity contribution is 0.0135. The van der Waals surface area contributed by atoms with Crippen LogP contribution in [0.1, 0.15) is 40.4 Å². The second-order valence-corrected chi connectivity index (χ2v) is 7.79. The molecular formula is C24H35N5O3. The fourth-order valence-corrected chi connectivity index (χ4v) is 3.76. The normalized spacial score (nSPS) is 15.9. The Morgan fingerprint density at radius 2 is 2.00 bits per heavy atom. The second kappa shape index (κ2) is 12.3. The summed E-state index contributed by atoms with van der Waals surface area (Å²) in [6.07, 6.45) is 0.791. The Morgan fingerprint density at radius 3 is 2.69 bits per heavy atom. The van der Waals surface area contributed by atoms with Crippen LogP contribution < -0.4 is 16.0 Å². The van der Waals surface area contributed by atoms with Gasteiger partial charge in [-0.25, -0.2) is 0 Å². The van der Waals surface area contributed by atoms with Gasteiger partial charge in [0.2, 0.25) is 0 Å². The van der Waals surface area contributed by atoms with Gasteiger partial charge in [0.25, 0.3) is 5.91 Å². The lowest BCUT2D eigenvalue weighted by Crippen LogP contribution is -2.42. The quantitative estimate of drug-likeness (QED) is 0.408. The van der Waals surface area contributed by atoms with E-state index in [1.54, 1.807) is 7.05 Å². The van der Waals surface area contributed by atoms with Gasteiger partial charge in [0.15, 0.2) is 5.96 Å². The summed E-state index contributed by atoms with van der Waals surface area (Å²) in [4.78, 5) is 19.1. The molecule has 1 fully saturated rings. The molecule has 8 heteroatoms. The van der Waals surface area contributed by atoms with E-state index in [4.69, 9.17) is 14.1 Å². The van der Waals surface area contributed by atoms with Crippen molar-refractivity contribution in [2.45, 2.75) is 26.3 Å². The van der Waals surface area contributed by atoms with Crippen molar-refractivity contribution in [3.8, 4) is 0 Å². The lowest BCUT2D eigenvalue weighted by Gasteiger charge is -2.32. The van der Waals surface area contributed by atoms with Crippen LogP contribution in [0.3, 0.4) is 0 Å². The molecule has 0 aliphatic carbocycles. The van der Waals surface area contributed by atoms with Crippen molar-refractivity contribution < 1.29 is 13.9 Å². The monoisotopic (exact) mass is 441 g/mol. The number of ether oxygens (including phenoxy) is 1. The highest BCUT2D eigenvalue weighted by atomic mass is 16.5. The van der Waals surface area contributed by atoms with Crippen LogP contribution in [-0.4, -0.2) is 69.8 Å². The SMILES string of the molecule is CCNC(=NCC(c1ccc(C)o1)N1CCOCC1)NCCc1cccc(C(=O)NC)c1. The zero-order chi connectivity index (χ0) is 22.8. The predicted octanol–water partition coefficient (Wildman–Crippen LogP) is 2.12. The van der Waals surface area contributed by atoms with Crippen LogP contribution in [0.5, 0.6) is 0 Å². The van der Waals surface area contributed by atoms with Gasteiger partial charge >= 0.3 is 0 Å². The Bertz CT molecular complexity index is 889. The van der Waals surface area contributed by atoms with Crippen molar-refractivity contribution in [3.63, 3.8) is 0 Å². The van der Waals surface area contributed by atoms with Crippen molar-refractivity contribution in [1.29, 1.82) is 0 Å². The number of carbonyl (C=O) groups excluding carboxylic acids is 1. The van der Waals surface area contributed by atoms with Crippen LogP contribution >= 0.6 is 0 Å². The van der Waals surface area contributed by atoms with Gasteiger partial charge in [-0.2, -0.15) is 0 Å². The Kier molecular flexibility index (Phi) is 9.13. The van der Waals surface area contributed by atoms with Gasteiger partial charge in [-0.3, -0.25) is 14.7 Å². The molecule has 8 nitrogen and oxygen atoms in total. The highest BCUT2D eigenvalue weighted by Gasteiger charge is 2.25. The number of nitrogens with one attached hydrogen (secondary N) is 3. The van der Waals surface area contributed by atoms with Gasteiger partial charge < -0.3 is 25.1 Å². The van der Waals surface area contributed by atoms with Gasteiger partial charge in [-0.1, -0.05) is 12.1 Å². The van der Waals surface area contributed by atoms with Crippen LogP contribution in [0.15, 0.2) is 45.8 Å². The minimum absolute atomic E-state index is 0.0722. The summed E-state index contributed by atoms with van der Waals surface area (Å²) in [5.74, 6) is 2.55. The average molecular weight is 442 g/mol. The number of furan rings is 1. The second-order valence-electron chi connectivity index (χ2n) is 7.79. The maximum atomic E-state index is 11.9. The molecule has 0 saturated carbocycles. The Balaban J connectivity index is 1.63. The minimum Gasteiger partial charge on any atom is -0.465 e. The van der Waals surface area contributed by atoms with E-state index in [-0.39, 0.29) is 11.9 Å². The van der Waals surface area contributed by atoms with Crippen LogP contribution in [0, 0.1) is 6.92 Å². The third kappa shape index (κ3) is 6.83. The maximum absolute atomic E-state index is 11.9. The summed E-state index contributed by atoms with van der Waals surface area (Å²) in [5.41, 5.74) is 1.78. The molecule has 174 valence electrons. The number of amides is 1. The Morgan fingerprint density at radius 1 is 1.19 bits per heavy atom.